The fourth-order valence-corrected chi connectivity index (χ4v) is 2.63. The van der Waals surface area contributed by atoms with Crippen LogP contribution in [0, 0.1) is 0 Å². The molecule has 0 bridgehead atoms. The molecule has 0 amide bonds. The number of aliphatic hydroxyl groups excluding tert-OH is 1. The average molecular weight is 364 g/mol. The van der Waals surface area contributed by atoms with Gasteiger partial charge in [-0.1, -0.05) is 60.7 Å². The first-order valence-corrected chi connectivity index (χ1v) is 8.95. The van der Waals surface area contributed by atoms with Crippen molar-refractivity contribution < 1.29 is 9.84 Å². The van der Waals surface area contributed by atoms with E-state index in [1.54, 1.807) is 12.3 Å². The Balaban J connectivity index is 1.49. The highest BCUT2D eigenvalue weighted by molar-refractivity contribution is 5.41. The van der Waals surface area contributed by atoms with Crippen molar-refractivity contribution in [2.75, 3.05) is 17.2 Å². The monoisotopic (exact) mass is 364 g/mol. The summed E-state index contributed by atoms with van der Waals surface area (Å²) in [5, 5.41) is 16.1. The van der Waals surface area contributed by atoms with E-state index in [0.29, 0.717) is 18.4 Å². The van der Waals surface area contributed by atoms with Crippen molar-refractivity contribution >= 4 is 11.8 Å². The molecule has 2 atom stereocenters. The Labute approximate surface area is 159 Å². The molecule has 6 heteroatoms. The van der Waals surface area contributed by atoms with Gasteiger partial charge >= 0.3 is 0 Å². The lowest BCUT2D eigenvalue weighted by Crippen LogP contribution is -2.24. The van der Waals surface area contributed by atoms with Crippen LogP contribution in [0.1, 0.15) is 24.1 Å². The van der Waals surface area contributed by atoms with E-state index in [0.717, 1.165) is 17.5 Å². The molecule has 2 unspecified atom stereocenters. The number of hydrogen-bond donors (Lipinski definition) is 3. The number of hydrogen-bond acceptors (Lipinski definition) is 6. The molecule has 0 aliphatic rings. The van der Waals surface area contributed by atoms with E-state index in [2.05, 4.69) is 20.6 Å². The number of ether oxygens (including phenoxy) is 1. The molecule has 27 heavy (non-hydrogen) atoms. The minimum Gasteiger partial charge on any atom is -0.351 e. The number of rotatable bonds is 9. The Kier molecular flexibility index (Phi) is 6.73. The van der Waals surface area contributed by atoms with Crippen LogP contribution in [-0.2, 0) is 11.2 Å². The Morgan fingerprint density at radius 1 is 0.963 bits per heavy atom. The Bertz CT molecular complexity index is 815. The van der Waals surface area contributed by atoms with E-state index in [9.17, 15) is 5.11 Å². The molecule has 3 N–H and O–H groups in total. The minimum absolute atomic E-state index is 0.0634. The summed E-state index contributed by atoms with van der Waals surface area (Å²) < 4.78 is 5.40. The van der Waals surface area contributed by atoms with Crippen LogP contribution in [0.5, 0.6) is 0 Å². The lowest BCUT2D eigenvalue weighted by molar-refractivity contribution is -0.0771. The van der Waals surface area contributed by atoms with Crippen LogP contribution in [0.2, 0.25) is 0 Å². The van der Waals surface area contributed by atoms with Gasteiger partial charge in [-0.2, -0.15) is 4.98 Å². The summed E-state index contributed by atoms with van der Waals surface area (Å²) in [4.78, 5) is 8.60. The van der Waals surface area contributed by atoms with Gasteiger partial charge in [0.15, 0.2) is 0 Å². The van der Waals surface area contributed by atoms with Gasteiger partial charge < -0.3 is 20.5 Å². The normalized spacial score (nSPS) is 13.0. The maximum atomic E-state index is 10.0. The molecule has 0 aliphatic carbocycles. The maximum absolute atomic E-state index is 10.0. The van der Waals surface area contributed by atoms with E-state index >= 15 is 0 Å². The van der Waals surface area contributed by atoms with Crippen LogP contribution < -0.4 is 10.6 Å². The number of aromatic nitrogens is 2. The van der Waals surface area contributed by atoms with Crippen LogP contribution in [0.3, 0.4) is 0 Å². The van der Waals surface area contributed by atoms with Gasteiger partial charge in [0.2, 0.25) is 12.4 Å². The molecule has 0 saturated heterocycles. The summed E-state index contributed by atoms with van der Waals surface area (Å²) in [5.41, 5.74) is 2.30. The van der Waals surface area contributed by atoms with E-state index in [1.807, 2.05) is 67.6 Å². The fraction of sp³-hybridized carbons (Fsp3) is 0.238. The third-order valence-electron chi connectivity index (χ3n) is 4.08. The number of anilines is 2. The predicted octanol–water partition coefficient (Wildman–Crippen LogP) is 3.60. The summed E-state index contributed by atoms with van der Waals surface area (Å²) in [6.45, 7) is 2.44. The van der Waals surface area contributed by atoms with Gasteiger partial charge in [-0.05, 0) is 30.5 Å². The highest BCUT2D eigenvalue weighted by Crippen LogP contribution is 2.17. The molecule has 1 aromatic heterocycles. The molecule has 140 valence electrons. The van der Waals surface area contributed by atoms with E-state index in [1.165, 1.54) is 0 Å². The molecular weight excluding hydrogens is 340 g/mol. The summed E-state index contributed by atoms with van der Waals surface area (Å²) in [5.74, 6) is 0.966. The van der Waals surface area contributed by atoms with Crippen molar-refractivity contribution in [3.05, 3.63) is 84.1 Å². The maximum Gasteiger partial charge on any atom is 0.236 e. The van der Waals surface area contributed by atoms with E-state index in [-0.39, 0.29) is 6.04 Å². The predicted molar refractivity (Wildman–Crippen MR) is 106 cm³/mol. The molecule has 3 rings (SSSR count). The highest BCUT2D eigenvalue weighted by Gasteiger charge is 2.09. The molecule has 6 nitrogen and oxygen atoms in total. The zero-order valence-corrected chi connectivity index (χ0v) is 15.2. The highest BCUT2D eigenvalue weighted by atomic mass is 16.6. The lowest BCUT2D eigenvalue weighted by Gasteiger charge is -2.16. The molecule has 3 aromatic rings. The second-order valence-corrected chi connectivity index (χ2v) is 6.15. The summed E-state index contributed by atoms with van der Waals surface area (Å²) >= 11 is 0. The molecule has 0 saturated carbocycles. The van der Waals surface area contributed by atoms with Crippen molar-refractivity contribution in [3.8, 4) is 0 Å². The van der Waals surface area contributed by atoms with E-state index in [4.69, 9.17) is 4.74 Å². The zero-order valence-electron chi connectivity index (χ0n) is 15.2. The molecule has 0 aliphatic heterocycles. The molecule has 0 spiro atoms. The quantitative estimate of drug-likeness (QED) is 0.504. The van der Waals surface area contributed by atoms with Crippen molar-refractivity contribution in [3.63, 3.8) is 0 Å². The second kappa shape index (κ2) is 9.66. The minimum atomic E-state index is -1.14. The van der Waals surface area contributed by atoms with Crippen LogP contribution in [-0.4, -0.2) is 28.1 Å². The third kappa shape index (κ3) is 6.06. The van der Waals surface area contributed by atoms with Crippen LogP contribution in [0.15, 0.2) is 72.9 Å². The Morgan fingerprint density at radius 2 is 1.67 bits per heavy atom. The van der Waals surface area contributed by atoms with Crippen molar-refractivity contribution in [1.29, 1.82) is 0 Å². The van der Waals surface area contributed by atoms with Crippen molar-refractivity contribution in [2.24, 2.45) is 0 Å². The molecule has 1 heterocycles. The number of nitrogens with zero attached hydrogens (tertiary/aromatic N) is 2. The van der Waals surface area contributed by atoms with Gasteiger partial charge in [-0.15, -0.1) is 0 Å². The Hall–Kier alpha value is -2.96. The van der Waals surface area contributed by atoms with Crippen molar-refractivity contribution in [1.82, 2.24) is 9.97 Å². The van der Waals surface area contributed by atoms with Gasteiger partial charge in [0.1, 0.15) is 5.82 Å². The van der Waals surface area contributed by atoms with Gasteiger partial charge in [-0.3, -0.25) is 0 Å². The second-order valence-electron chi connectivity index (χ2n) is 6.15. The zero-order chi connectivity index (χ0) is 18.9. The van der Waals surface area contributed by atoms with Gasteiger partial charge in [0, 0.05) is 6.20 Å². The van der Waals surface area contributed by atoms with Crippen LogP contribution >= 0.6 is 0 Å². The molecule has 2 aromatic carbocycles. The third-order valence-corrected chi connectivity index (χ3v) is 4.08. The van der Waals surface area contributed by atoms with Gasteiger partial charge in [-0.25, -0.2) is 4.98 Å². The largest absolute Gasteiger partial charge is 0.351 e. The molecule has 0 fully saturated rings. The van der Waals surface area contributed by atoms with Crippen molar-refractivity contribution in [2.45, 2.75) is 25.8 Å². The average Bonchev–Trinajstić information content (AvgIpc) is 2.70. The first-order valence-electron chi connectivity index (χ1n) is 8.95. The molecule has 0 radical (unpaired) electrons. The first kappa shape index (κ1) is 18.8. The summed E-state index contributed by atoms with van der Waals surface area (Å²) in [6.07, 6.45) is 1.22. The lowest BCUT2D eigenvalue weighted by atomic mass is 10.1. The standard InChI is InChI=1S/C21H24N4O2/c1-16(18-10-6-3-7-11-18)23-20-22-14-12-19(24-20)25-21(26)27-15-13-17-8-4-2-5-9-17/h2-12,14,16,21,26H,13,15H2,1H3,(H2,22,23,24,25). The first-order chi connectivity index (χ1) is 13.2. The number of aliphatic hydroxyl groups is 1. The van der Waals surface area contributed by atoms with Crippen LogP contribution in [0.4, 0.5) is 11.8 Å². The topological polar surface area (TPSA) is 79.3 Å². The summed E-state index contributed by atoms with van der Waals surface area (Å²) in [6, 6.07) is 21.8. The van der Waals surface area contributed by atoms with Gasteiger partial charge in [0.25, 0.3) is 0 Å². The van der Waals surface area contributed by atoms with Crippen LogP contribution in [0.25, 0.3) is 0 Å². The Morgan fingerprint density at radius 3 is 2.41 bits per heavy atom. The number of nitrogens with one attached hydrogen (secondary N) is 2. The smallest absolute Gasteiger partial charge is 0.236 e. The SMILES string of the molecule is CC(Nc1nccc(NC(O)OCCc2ccccc2)n1)c1ccccc1. The molecular formula is C21H24N4O2. The summed E-state index contributed by atoms with van der Waals surface area (Å²) in [7, 11) is 0. The fourth-order valence-electron chi connectivity index (χ4n) is 2.63. The van der Waals surface area contributed by atoms with E-state index < -0.39 is 6.41 Å². The number of benzene rings is 2. The van der Waals surface area contributed by atoms with Gasteiger partial charge in [0.05, 0.1) is 12.6 Å².